The van der Waals surface area contributed by atoms with Gasteiger partial charge in [0.05, 0.1) is 0 Å². The molecule has 0 bridgehead atoms. The van der Waals surface area contributed by atoms with Crippen molar-refractivity contribution in [3.05, 3.63) is 28.2 Å². The van der Waals surface area contributed by atoms with Gasteiger partial charge >= 0.3 is 0 Å². The molecule has 0 aromatic heterocycles. The molecular weight excluding hydrogens is 308 g/mol. The minimum Gasteiger partial charge on any atom is -0.484 e. The number of halogens is 1. The van der Waals surface area contributed by atoms with Crippen LogP contribution in [0.5, 0.6) is 5.75 Å². The van der Waals surface area contributed by atoms with E-state index in [1.165, 1.54) is 0 Å². The molecule has 0 saturated heterocycles. The third kappa shape index (κ3) is 4.84. The Balaban J connectivity index is 2.62. The SMILES string of the molecule is CCN(CC)C(=O)COc1ccc(Br)c(CCN)c1. The third-order valence-corrected chi connectivity index (χ3v) is 3.68. The quantitative estimate of drug-likeness (QED) is 0.834. The molecule has 1 aromatic rings. The number of hydrogen-bond donors (Lipinski definition) is 1. The van der Waals surface area contributed by atoms with Gasteiger partial charge in [0.1, 0.15) is 5.75 Å². The van der Waals surface area contributed by atoms with Gasteiger partial charge in [-0.25, -0.2) is 0 Å². The number of likely N-dealkylation sites (N-methyl/N-ethyl adjacent to an activating group) is 1. The fraction of sp³-hybridized carbons (Fsp3) is 0.500. The first-order valence-corrected chi connectivity index (χ1v) is 7.30. The molecule has 5 heteroatoms. The first kappa shape index (κ1) is 16.0. The Kier molecular flexibility index (Phi) is 6.87. The zero-order valence-electron chi connectivity index (χ0n) is 11.5. The van der Waals surface area contributed by atoms with E-state index in [2.05, 4.69) is 15.9 Å². The average Bonchev–Trinajstić information content (AvgIpc) is 2.41. The van der Waals surface area contributed by atoms with E-state index in [9.17, 15) is 4.79 Å². The van der Waals surface area contributed by atoms with Crippen LogP contribution in [0.25, 0.3) is 0 Å². The lowest BCUT2D eigenvalue weighted by atomic mass is 10.1. The van der Waals surface area contributed by atoms with Crippen LogP contribution >= 0.6 is 15.9 Å². The van der Waals surface area contributed by atoms with Crippen LogP contribution in [0, 0.1) is 0 Å². The maximum absolute atomic E-state index is 11.8. The van der Waals surface area contributed by atoms with Gasteiger partial charge in [0.2, 0.25) is 0 Å². The molecule has 1 aromatic carbocycles. The summed E-state index contributed by atoms with van der Waals surface area (Å²) in [4.78, 5) is 13.6. The minimum atomic E-state index is 0.00768. The fourth-order valence-corrected chi connectivity index (χ4v) is 2.25. The monoisotopic (exact) mass is 328 g/mol. The molecule has 19 heavy (non-hydrogen) atoms. The van der Waals surface area contributed by atoms with Crippen molar-refractivity contribution in [3.8, 4) is 5.75 Å². The number of amides is 1. The maximum Gasteiger partial charge on any atom is 0.260 e. The summed E-state index contributed by atoms with van der Waals surface area (Å²) in [6, 6.07) is 5.69. The lowest BCUT2D eigenvalue weighted by Crippen LogP contribution is -2.34. The second kappa shape index (κ2) is 8.17. The van der Waals surface area contributed by atoms with E-state index >= 15 is 0 Å². The molecule has 1 rings (SSSR count). The van der Waals surface area contributed by atoms with E-state index in [0.29, 0.717) is 25.4 Å². The molecule has 0 unspecified atom stereocenters. The van der Waals surface area contributed by atoms with Crippen molar-refractivity contribution in [2.45, 2.75) is 20.3 Å². The predicted octanol–water partition coefficient (Wildman–Crippen LogP) is 2.20. The standard InChI is InChI=1S/C14H21BrN2O2/c1-3-17(4-2)14(18)10-19-12-5-6-13(15)11(9-12)7-8-16/h5-6,9H,3-4,7-8,10,16H2,1-2H3. The topological polar surface area (TPSA) is 55.6 Å². The molecule has 0 spiro atoms. The van der Waals surface area contributed by atoms with Crippen LogP contribution in [0.2, 0.25) is 0 Å². The Morgan fingerprint density at radius 2 is 2.05 bits per heavy atom. The van der Waals surface area contributed by atoms with E-state index in [-0.39, 0.29) is 12.5 Å². The first-order chi connectivity index (χ1) is 9.12. The van der Waals surface area contributed by atoms with Crippen molar-refractivity contribution in [3.63, 3.8) is 0 Å². The van der Waals surface area contributed by atoms with Gasteiger partial charge in [0.15, 0.2) is 6.61 Å². The van der Waals surface area contributed by atoms with E-state index in [0.717, 1.165) is 16.5 Å². The van der Waals surface area contributed by atoms with Crippen LogP contribution in [0.4, 0.5) is 0 Å². The number of hydrogen-bond acceptors (Lipinski definition) is 3. The molecule has 4 nitrogen and oxygen atoms in total. The van der Waals surface area contributed by atoms with Crippen LogP contribution in [-0.2, 0) is 11.2 Å². The summed E-state index contributed by atoms with van der Waals surface area (Å²) >= 11 is 3.47. The number of nitrogens with zero attached hydrogens (tertiary/aromatic N) is 1. The number of carbonyl (C=O) groups excluding carboxylic acids is 1. The zero-order chi connectivity index (χ0) is 14.3. The average molecular weight is 329 g/mol. The van der Waals surface area contributed by atoms with Crippen molar-refractivity contribution in [2.75, 3.05) is 26.2 Å². The summed E-state index contributed by atoms with van der Waals surface area (Å²) in [6.07, 6.45) is 0.780. The highest BCUT2D eigenvalue weighted by Crippen LogP contribution is 2.22. The molecule has 0 atom stereocenters. The molecule has 0 aliphatic heterocycles. The zero-order valence-corrected chi connectivity index (χ0v) is 13.1. The molecule has 0 aliphatic carbocycles. The van der Waals surface area contributed by atoms with Gasteiger partial charge in [-0.05, 0) is 50.6 Å². The van der Waals surface area contributed by atoms with Gasteiger partial charge in [0, 0.05) is 17.6 Å². The smallest absolute Gasteiger partial charge is 0.260 e. The molecule has 0 radical (unpaired) electrons. The highest BCUT2D eigenvalue weighted by Gasteiger charge is 2.10. The summed E-state index contributed by atoms with van der Waals surface area (Å²) in [5, 5.41) is 0. The van der Waals surface area contributed by atoms with E-state index in [4.69, 9.17) is 10.5 Å². The highest BCUT2D eigenvalue weighted by molar-refractivity contribution is 9.10. The van der Waals surface area contributed by atoms with Crippen molar-refractivity contribution in [1.82, 2.24) is 4.90 Å². The molecule has 2 N–H and O–H groups in total. The molecular formula is C14H21BrN2O2. The number of carbonyl (C=O) groups is 1. The summed E-state index contributed by atoms with van der Waals surface area (Å²) in [6.45, 7) is 5.99. The van der Waals surface area contributed by atoms with Gasteiger partial charge in [-0.1, -0.05) is 15.9 Å². The number of rotatable bonds is 7. The molecule has 0 fully saturated rings. The van der Waals surface area contributed by atoms with Crippen LogP contribution in [-0.4, -0.2) is 37.0 Å². The second-order valence-electron chi connectivity index (χ2n) is 4.15. The number of ether oxygens (including phenoxy) is 1. The normalized spacial score (nSPS) is 10.3. The highest BCUT2D eigenvalue weighted by atomic mass is 79.9. The number of benzene rings is 1. The van der Waals surface area contributed by atoms with Crippen LogP contribution < -0.4 is 10.5 Å². The van der Waals surface area contributed by atoms with Crippen molar-refractivity contribution in [2.24, 2.45) is 5.73 Å². The Labute approximate surface area is 123 Å². The summed E-state index contributed by atoms with van der Waals surface area (Å²) in [5.74, 6) is 0.709. The Bertz CT molecular complexity index is 420. The number of nitrogens with two attached hydrogens (primary N) is 1. The predicted molar refractivity (Wildman–Crippen MR) is 80.3 cm³/mol. The second-order valence-corrected chi connectivity index (χ2v) is 5.00. The van der Waals surface area contributed by atoms with Gasteiger partial charge in [-0.3, -0.25) is 4.79 Å². The van der Waals surface area contributed by atoms with Crippen molar-refractivity contribution >= 4 is 21.8 Å². The van der Waals surface area contributed by atoms with E-state index < -0.39 is 0 Å². The van der Waals surface area contributed by atoms with Crippen LogP contribution in [0.15, 0.2) is 22.7 Å². The van der Waals surface area contributed by atoms with Gasteiger partial charge in [-0.2, -0.15) is 0 Å². The van der Waals surface area contributed by atoms with E-state index in [1.807, 2.05) is 32.0 Å². The van der Waals surface area contributed by atoms with Gasteiger partial charge in [-0.15, -0.1) is 0 Å². The summed E-state index contributed by atoms with van der Waals surface area (Å²) < 4.78 is 6.56. The van der Waals surface area contributed by atoms with Gasteiger partial charge in [0.25, 0.3) is 5.91 Å². The molecule has 0 aliphatic rings. The lowest BCUT2D eigenvalue weighted by Gasteiger charge is -2.18. The third-order valence-electron chi connectivity index (χ3n) is 2.91. The molecule has 106 valence electrons. The van der Waals surface area contributed by atoms with Gasteiger partial charge < -0.3 is 15.4 Å². The summed E-state index contributed by atoms with van der Waals surface area (Å²) in [5.41, 5.74) is 6.65. The Morgan fingerprint density at radius 1 is 1.37 bits per heavy atom. The van der Waals surface area contributed by atoms with E-state index in [1.54, 1.807) is 4.90 Å². The Morgan fingerprint density at radius 3 is 2.63 bits per heavy atom. The van der Waals surface area contributed by atoms with Crippen LogP contribution in [0.3, 0.4) is 0 Å². The molecule has 0 saturated carbocycles. The first-order valence-electron chi connectivity index (χ1n) is 6.51. The minimum absolute atomic E-state index is 0.00768. The largest absolute Gasteiger partial charge is 0.484 e. The van der Waals surface area contributed by atoms with Crippen LogP contribution in [0.1, 0.15) is 19.4 Å². The fourth-order valence-electron chi connectivity index (χ4n) is 1.80. The summed E-state index contributed by atoms with van der Waals surface area (Å²) in [7, 11) is 0. The maximum atomic E-state index is 11.8. The van der Waals surface area contributed by atoms with Crippen molar-refractivity contribution < 1.29 is 9.53 Å². The Hall–Kier alpha value is -1.07. The molecule has 0 heterocycles. The van der Waals surface area contributed by atoms with Crippen molar-refractivity contribution in [1.29, 1.82) is 0 Å². The molecule has 1 amide bonds. The lowest BCUT2D eigenvalue weighted by molar-refractivity contribution is -0.132.